The van der Waals surface area contributed by atoms with Crippen molar-refractivity contribution in [1.82, 2.24) is 9.47 Å². The second-order valence-electron chi connectivity index (χ2n) is 4.91. The average Bonchev–Trinajstić information content (AvgIpc) is 2.82. The zero-order chi connectivity index (χ0) is 13.8. The fourth-order valence-electron chi connectivity index (χ4n) is 1.55. The predicted octanol–water partition coefficient (Wildman–Crippen LogP) is 0.977. The van der Waals surface area contributed by atoms with E-state index >= 15 is 0 Å². The largest absolute Gasteiger partial charge is 0.394 e. The Balaban J connectivity index is 2.87. The number of aliphatic hydroxyl groups excluding tert-OH is 1. The van der Waals surface area contributed by atoms with Crippen molar-refractivity contribution in [1.29, 1.82) is 0 Å². The van der Waals surface area contributed by atoms with Gasteiger partial charge in [-0.05, 0) is 26.0 Å². The lowest BCUT2D eigenvalue weighted by Crippen LogP contribution is -2.48. The van der Waals surface area contributed by atoms with E-state index in [1.54, 1.807) is 25.1 Å². The molecule has 0 aromatic carbocycles. The quantitative estimate of drug-likeness (QED) is 0.823. The molecule has 1 aromatic heterocycles. The number of amides is 1. The average molecular weight is 254 g/mol. The Hall–Kier alpha value is -1.33. The van der Waals surface area contributed by atoms with Crippen molar-refractivity contribution in [3.8, 4) is 0 Å². The van der Waals surface area contributed by atoms with Crippen molar-refractivity contribution in [2.24, 2.45) is 0 Å². The summed E-state index contributed by atoms with van der Waals surface area (Å²) in [5.74, 6) is -0.102. The van der Waals surface area contributed by atoms with E-state index in [0.717, 1.165) is 0 Å². The summed E-state index contributed by atoms with van der Waals surface area (Å²) in [5, 5.41) is 9.30. The van der Waals surface area contributed by atoms with Gasteiger partial charge in [0.15, 0.2) is 0 Å². The third kappa shape index (κ3) is 3.11. The molecule has 1 N–H and O–H groups in total. The fraction of sp³-hybridized carbons (Fsp3) is 0.615. The number of aliphatic hydroxyl groups is 1. The van der Waals surface area contributed by atoms with Gasteiger partial charge in [0.1, 0.15) is 5.69 Å². The number of carbonyl (C=O) groups excluding carboxylic acids is 1. The molecule has 0 aliphatic carbocycles. The third-order valence-electron chi connectivity index (χ3n) is 3.18. The molecule has 0 saturated carbocycles. The molecular formula is C13H22N2O3. The smallest absolute Gasteiger partial charge is 0.270 e. The van der Waals surface area contributed by atoms with E-state index < -0.39 is 5.54 Å². The molecule has 0 spiro atoms. The highest BCUT2D eigenvalue weighted by Gasteiger charge is 2.28. The van der Waals surface area contributed by atoms with Crippen molar-refractivity contribution in [3.63, 3.8) is 0 Å². The first kappa shape index (κ1) is 14.7. The molecule has 0 bridgehead atoms. The van der Waals surface area contributed by atoms with Crippen LogP contribution in [0.3, 0.4) is 0 Å². The molecule has 18 heavy (non-hydrogen) atoms. The van der Waals surface area contributed by atoms with Gasteiger partial charge in [-0.15, -0.1) is 0 Å². The van der Waals surface area contributed by atoms with Gasteiger partial charge in [0.05, 0.1) is 18.8 Å². The van der Waals surface area contributed by atoms with Crippen molar-refractivity contribution >= 4 is 5.91 Å². The second kappa shape index (κ2) is 6.02. The van der Waals surface area contributed by atoms with Gasteiger partial charge in [0, 0.05) is 26.9 Å². The van der Waals surface area contributed by atoms with Crippen LogP contribution in [0.5, 0.6) is 0 Å². The first-order valence-corrected chi connectivity index (χ1v) is 5.97. The van der Waals surface area contributed by atoms with Gasteiger partial charge in [-0.25, -0.2) is 0 Å². The highest BCUT2D eigenvalue weighted by atomic mass is 16.5. The van der Waals surface area contributed by atoms with E-state index in [1.165, 1.54) is 0 Å². The number of ether oxygens (including phenoxy) is 1. The summed E-state index contributed by atoms with van der Waals surface area (Å²) in [5.41, 5.74) is 0.0315. The van der Waals surface area contributed by atoms with Gasteiger partial charge >= 0.3 is 0 Å². The maximum atomic E-state index is 12.3. The maximum Gasteiger partial charge on any atom is 0.270 e. The lowest BCUT2D eigenvalue weighted by Gasteiger charge is -2.34. The zero-order valence-electron chi connectivity index (χ0n) is 11.5. The van der Waals surface area contributed by atoms with Crippen LogP contribution in [0.2, 0.25) is 0 Å². The summed E-state index contributed by atoms with van der Waals surface area (Å²) in [4.78, 5) is 13.9. The van der Waals surface area contributed by atoms with Crippen LogP contribution in [-0.2, 0) is 11.3 Å². The summed E-state index contributed by atoms with van der Waals surface area (Å²) in [6.45, 7) is 4.77. The number of hydrogen-bond donors (Lipinski definition) is 1. The Kier molecular flexibility index (Phi) is 4.93. The SMILES string of the molecule is COCCn1cccc1C(=O)N(C)C(C)(C)CO. The van der Waals surface area contributed by atoms with Gasteiger partial charge < -0.3 is 19.3 Å². The van der Waals surface area contributed by atoms with Crippen LogP contribution in [0.1, 0.15) is 24.3 Å². The minimum atomic E-state index is -0.576. The lowest BCUT2D eigenvalue weighted by atomic mass is 10.0. The van der Waals surface area contributed by atoms with E-state index in [4.69, 9.17) is 4.74 Å². The van der Waals surface area contributed by atoms with E-state index in [-0.39, 0.29) is 12.5 Å². The van der Waals surface area contributed by atoms with Gasteiger partial charge in [0.25, 0.3) is 5.91 Å². The number of nitrogens with zero attached hydrogens (tertiary/aromatic N) is 2. The van der Waals surface area contributed by atoms with Crippen molar-refractivity contribution in [2.75, 3.05) is 27.4 Å². The van der Waals surface area contributed by atoms with E-state index in [9.17, 15) is 9.90 Å². The normalized spacial score (nSPS) is 11.6. The van der Waals surface area contributed by atoms with Crippen molar-refractivity contribution in [2.45, 2.75) is 25.9 Å². The molecule has 0 fully saturated rings. The Morgan fingerprint density at radius 1 is 1.56 bits per heavy atom. The minimum absolute atomic E-state index is 0.0754. The molecule has 1 rings (SSSR count). The molecule has 5 heteroatoms. The van der Waals surface area contributed by atoms with Crippen LogP contribution in [0, 0.1) is 0 Å². The summed E-state index contributed by atoms with van der Waals surface area (Å²) < 4.78 is 6.87. The predicted molar refractivity (Wildman–Crippen MR) is 69.6 cm³/mol. The monoisotopic (exact) mass is 254 g/mol. The van der Waals surface area contributed by atoms with Crippen LogP contribution in [-0.4, -0.2) is 53.4 Å². The number of methoxy groups -OCH3 is 1. The molecule has 102 valence electrons. The van der Waals surface area contributed by atoms with Gasteiger partial charge in [-0.2, -0.15) is 0 Å². The fourth-order valence-corrected chi connectivity index (χ4v) is 1.55. The van der Waals surface area contributed by atoms with Crippen LogP contribution in [0.15, 0.2) is 18.3 Å². The summed E-state index contributed by atoms with van der Waals surface area (Å²) in [6.07, 6.45) is 1.85. The topological polar surface area (TPSA) is 54.7 Å². The number of aromatic nitrogens is 1. The van der Waals surface area contributed by atoms with Crippen LogP contribution in [0.4, 0.5) is 0 Å². The highest BCUT2D eigenvalue weighted by molar-refractivity contribution is 5.93. The molecule has 0 unspecified atom stereocenters. The van der Waals surface area contributed by atoms with Crippen LogP contribution < -0.4 is 0 Å². The molecule has 0 aliphatic rings. The number of likely N-dealkylation sites (N-methyl/N-ethyl adjacent to an activating group) is 1. The molecule has 0 radical (unpaired) electrons. The van der Waals surface area contributed by atoms with E-state index in [2.05, 4.69) is 0 Å². The van der Waals surface area contributed by atoms with Crippen molar-refractivity contribution in [3.05, 3.63) is 24.0 Å². The standard InChI is InChI=1S/C13H22N2O3/c1-13(2,10-16)14(3)12(17)11-6-5-7-15(11)8-9-18-4/h5-7,16H,8-10H2,1-4H3. The van der Waals surface area contributed by atoms with E-state index in [1.807, 2.05) is 30.7 Å². The maximum absolute atomic E-state index is 12.3. The Morgan fingerprint density at radius 2 is 2.22 bits per heavy atom. The van der Waals surface area contributed by atoms with Crippen molar-refractivity contribution < 1.29 is 14.6 Å². The number of rotatable bonds is 6. The molecular weight excluding hydrogens is 232 g/mol. The minimum Gasteiger partial charge on any atom is -0.394 e. The van der Waals surface area contributed by atoms with Gasteiger partial charge in [0.2, 0.25) is 0 Å². The molecule has 1 aromatic rings. The molecule has 0 saturated heterocycles. The third-order valence-corrected chi connectivity index (χ3v) is 3.18. The van der Waals surface area contributed by atoms with Crippen LogP contribution in [0.25, 0.3) is 0 Å². The van der Waals surface area contributed by atoms with Crippen LogP contribution >= 0.6 is 0 Å². The zero-order valence-corrected chi connectivity index (χ0v) is 11.5. The second-order valence-corrected chi connectivity index (χ2v) is 4.91. The Bertz CT molecular complexity index is 399. The van der Waals surface area contributed by atoms with Gasteiger partial charge in [-0.1, -0.05) is 0 Å². The molecule has 0 atom stereocenters. The summed E-state index contributed by atoms with van der Waals surface area (Å²) >= 11 is 0. The first-order valence-electron chi connectivity index (χ1n) is 5.97. The van der Waals surface area contributed by atoms with Gasteiger partial charge in [-0.3, -0.25) is 4.79 Å². The summed E-state index contributed by atoms with van der Waals surface area (Å²) in [6, 6.07) is 3.62. The lowest BCUT2D eigenvalue weighted by molar-refractivity contribution is 0.0461. The Morgan fingerprint density at radius 3 is 2.78 bits per heavy atom. The van der Waals surface area contributed by atoms with E-state index in [0.29, 0.717) is 18.8 Å². The Labute approximate surface area is 108 Å². The summed E-state index contributed by atoms with van der Waals surface area (Å²) in [7, 11) is 3.33. The molecule has 5 nitrogen and oxygen atoms in total. The first-order chi connectivity index (χ1) is 8.44. The molecule has 1 heterocycles. The number of carbonyl (C=O) groups is 1. The molecule has 0 aliphatic heterocycles. The number of hydrogen-bond acceptors (Lipinski definition) is 3. The highest BCUT2D eigenvalue weighted by Crippen LogP contribution is 2.15. The molecule has 1 amide bonds.